The lowest BCUT2D eigenvalue weighted by Crippen LogP contribution is -2.05. The van der Waals surface area contributed by atoms with Crippen LogP contribution in [-0.2, 0) is 0 Å². The van der Waals surface area contributed by atoms with E-state index in [1.165, 1.54) is 34.1 Å². The smallest absolute Gasteiger partial charge is 0.214 e. The fourth-order valence-corrected chi connectivity index (χ4v) is 3.27. The zero-order valence-electron chi connectivity index (χ0n) is 14.6. The molecule has 0 fully saturated rings. The van der Waals surface area contributed by atoms with Crippen molar-refractivity contribution in [1.82, 2.24) is 20.2 Å². The van der Waals surface area contributed by atoms with Crippen molar-refractivity contribution in [3.05, 3.63) is 65.5 Å². The van der Waals surface area contributed by atoms with Gasteiger partial charge in [0.05, 0.1) is 11.4 Å². The molecule has 3 aromatic rings. The summed E-state index contributed by atoms with van der Waals surface area (Å²) in [7, 11) is 0. The van der Waals surface area contributed by atoms with E-state index < -0.39 is 0 Å². The van der Waals surface area contributed by atoms with Crippen LogP contribution in [0.25, 0.3) is 5.69 Å². The summed E-state index contributed by atoms with van der Waals surface area (Å²) in [5, 5.41) is 11.9. The normalized spacial score (nSPS) is 12.1. The highest BCUT2D eigenvalue weighted by atomic mass is 32.2. The maximum Gasteiger partial charge on any atom is 0.214 e. The van der Waals surface area contributed by atoms with E-state index in [0.717, 1.165) is 6.42 Å². The Morgan fingerprint density at radius 2 is 2.00 bits per heavy atom. The zero-order valence-corrected chi connectivity index (χ0v) is 15.4. The number of carbonyl (C=O) groups excluding carboxylic acids is 1. The number of rotatable bonds is 7. The molecule has 0 unspecified atom stereocenters. The summed E-state index contributed by atoms with van der Waals surface area (Å²) in [5.41, 5.74) is 2.41. The molecule has 7 heteroatoms. The molecule has 0 aliphatic heterocycles. The fraction of sp³-hybridized carbons (Fsp3) is 0.263. The Bertz CT molecular complexity index is 895. The standard InChI is InChI=1S/C19H19FN4OS/c1-3-13(2)14-7-9-15(10-8-14)18(25)12-26-19-21-22-23-24(19)17-6-4-5-16(20)11-17/h4-11,13H,3,12H2,1-2H3/t13-/m1/s1. The molecule has 0 spiro atoms. The van der Waals surface area contributed by atoms with E-state index in [1.807, 2.05) is 24.3 Å². The molecule has 0 aliphatic carbocycles. The Morgan fingerprint density at radius 1 is 1.23 bits per heavy atom. The SMILES string of the molecule is CC[C@@H](C)c1ccc(C(=O)CSc2nnnn2-c2cccc(F)c2)cc1. The molecule has 26 heavy (non-hydrogen) atoms. The summed E-state index contributed by atoms with van der Waals surface area (Å²) >= 11 is 1.23. The van der Waals surface area contributed by atoms with Crippen LogP contribution in [0.3, 0.4) is 0 Å². The maximum atomic E-state index is 13.4. The summed E-state index contributed by atoms with van der Waals surface area (Å²) < 4.78 is 14.8. The van der Waals surface area contributed by atoms with Crippen LogP contribution in [0, 0.1) is 5.82 Å². The molecule has 2 aromatic carbocycles. The van der Waals surface area contributed by atoms with Crippen LogP contribution in [-0.4, -0.2) is 31.7 Å². The molecule has 0 aliphatic rings. The predicted octanol–water partition coefficient (Wildman–Crippen LogP) is 4.29. The highest BCUT2D eigenvalue weighted by Crippen LogP contribution is 2.22. The lowest BCUT2D eigenvalue weighted by Gasteiger charge is -2.09. The third-order valence-corrected chi connectivity index (χ3v) is 5.16. The molecule has 1 heterocycles. The zero-order chi connectivity index (χ0) is 18.5. The summed E-state index contributed by atoms with van der Waals surface area (Å²) in [6.45, 7) is 4.31. The summed E-state index contributed by atoms with van der Waals surface area (Å²) in [4.78, 5) is 12.4. The molecule has 0 N–H and O–H groups in total. The molecule has 0 bridgehead atoms. The minimum atomic E-state index is -0.369. The van der Waals surface area contributed by atoms with Gasteiger partial charge < -0.3 is 0 Å². The Kier molecular flexibility index (Phi) is 5.78. The van der Waals surface area contributed by atoms with Gasteiger partial charge in [-0.15, -0.1) is 5.10 Å². The van der Waals surface area contributed by atoms with E-state index in [9.17, 15) is 9.18 Å². The molecule has 0 radical (unpaired) electrons. The van der Waals surface area contributed by atoms with Crippen molar-refractivity contribution >= 4 is 17.5 Å². The Hall–Kier alpha value is -2.54. The number of nitrogens with zero attached hydrogens (tertiary/aromatic N) is 4. The second-order valence-corrected chi connectivity index (χ2v) is 6.94. The van der Waals surface area contributed by atoms with Gasteiger partial charge in [0.25, 0.3) is 0 Å². The topological polar surface area (TPSA) is 60.7 Å². The number of ketones is 1. The number of thioether (sulfide) groups is 1. The average Bonchev–Trinajstić information content (AvgIpc) is 3.14. The van der Waals surface area contributed by atoms with E-state index in [1.54, 1.807) is 12.1 Å². The number of benzene rings is 2. The van der Waals surface area contributed by atoms with Gasteiger partial charge in [0.15, 0.2) is 5.78 Å². The first-order valence-electron chi connectivity index (χ1n) is 8.38. The molecule has 1 aromatic heterocycles. The van der Waals surface area contributed by atoms with Gasteiger partial charge in [0, 0.05) is 5.56 Å². The lowest BCUT2D eigenvalue weighted by molar-refractivity contribution is 0.102. The second kappa shape index (κ2) is 8.23. The maximum absolute atomic E-state index is 13.4. The van der Waals surface area contributed by atoms with Crippen LogP contribution in [0.4, 0.5) is 4.39 Å². The molecule has 0 saturated carbocycles. The van der Waals surface area contributed by atoms with Crippen LogP contribution < -0.4 is 0 Å². The van der Waals surface area contributed by atoms with E-state index in [4.69, 9.17) is 0 Å². The third kappa shape index (κ3) is 4.16. The summed E-state index contributed by atoms with van der Waals surface area (Å²) in [6.07, 6.45) is 1.06. The highest BCUT2D eigenvalue weighted by Gasteiger charge is 2.13. The van der Waals surface area contributed by atoms with Gasteiger partial charge in [-0.2, -0.15) is 4.68 Å². The number of Topliss-reactive ketones (excluding diaryl/α,β-unsaturated/α-hetero) is 1. The number of aromatic nitrogens is 4. The van der Waals surface area contributed by atoms with Gasteiger partial charge in [-0.25, -0.2) is 4.39 Å². The molecular formula is C19H19FN4OS. The quantitative estimate of drug-likeness (QED) is 0.459. The Balaban J connectivity index is 1.68. The minimum Gasteiger partial charge on any atom is -0.293 e. The van der Waals surface area contributed by atoms with Crippen molar-refractivity contribution in [2.75, 3.05) is 5.75 Å². The monoisotopic (exact) mass is 370 g/mol. The van der Waals surface area contributed by atoms with Crippen LogP contribution >= 0.6 is 11.8 Å². The van der Waals surface area contributed by atoms with Gasteiger partial charge in [0.2, 0.25) is 5.16 Å². The van der Waals surface area contributed by atoms with E-state index in [0.29, 0.717) is 22.3 Å². The van der Waals surface area contributed by atoms with Gasteiger partial charge in [-0.1, -0.05) is 55.9 Å². The van der Waals surface area contributed by atoms with Crippen molar-refractivity contribution in [2.24, 2.45) is 0 Å². The molecule has 3 rings (SSSR count). The fourth-order valence-electron chi connectivity index (χ4n) is 2.49. The lowest BCUT2D eigenvalue weighted by atomic mass is 9.97. The van der Waals surface area contributed by atoms with E-state index in [-0.39, 0.29) is 17.4 Å². The number of carbonyl (C=O) groups is 1. The molecule has 134 valence electrons. The van der Waals surface area contributed by atoms with Crippen LogP contribution in [0.1, 0.15) is 42.1 Å². The highest BCUT2D eigenvalue weighted by molar-refractivity contribution is 7.99. The molecule has 0 saturated heterocycles. The number of hydrogen-bond donors (Lipinski definition) is 0. The summed E-state index contributed by atoms with van der Waals surface area (Å²) in [5.74, 6) is 0.314. The van der Waals surface area contributed by atoms with Crippen LogP contribution in [0.2, 0.25) is 0 Å². The second-order valence-electron chi connectivity index (χ2n) is 6.00. The van der Waals surface area contributed by atoms with Crippen molar-refractivity contribution < 1.29 is 9.18 Å². The van der Waals surface area contributed by atoms with Crippen molar-refractivity contribution in [1.29, 1.82) is 0 Å². The van der Waals surface area contributed by atoms with Gasteiger partial charge >= 0.3 is 0 Å². The Labute approximate surface area is 155 Å². The van der Waals surface area contributed by atoms with E-state index >= 15 is 0 Å². The molecular weight excluding hydrogens is 351 g/mol. The first-order chi connectivity index (χ1) is 12.6. The number of halogens is 1. The largest absolute Gasteiger partial charge is 0.293 e. The first kappa shape index (κ1) is 18.3. The van der Waals surface area contributed by atoms with E-state index in [2.05, 4.69) is 29.4 Å². The van der Waals surface area contributed by atoms with Crippen molar-refractivity contribution in [2.45, 2.75) is 31.3 Å². The van der Waals surface area contributed by atoms with Gasteiger partial charge in [0.1, 0.15) is 5.82 Å². The summed E-state index contributed by atoms with van der Waals surface area (Å²) in [6, 6.07) is 13.7. The average molecular weight is 370 g/mol. The number of tetrazole rings is 1. The molecule has 5 nitrogen and oxygen atoms in total. The number of hydrogen-bond acceptors (Lipinski definition) is 5. The molecule has 1 atom stereocenters. The predicted molar refractivity (Wildman–Crippen MR) is 99.3 cm³/mol. The van der Waals surface area contributed by atoms with Gasteiger partial charge in [-0.05, 0) is 46.5 Å². The Morgan fingerprint density at radius 3 is 2.69 bits per heavy atom. The van der Waals surface area contributed by atoms with Crippen LogP contribution in [0.15, 0.2) is 53.7 Å². The third-order valence-electron chi connectivity index (χ3n) is 4.24. The first-order valence-corrected chi connectivity index (χ1v) is 9.37. The van der Waals surface area contributed by atoms with Crippen molar-refractivity contribution in [3.63, 3.8) is 0 Å². The van der Waals surface area contributed by atoms with Crippen LogP contribution in [0.5, 0.6) is 0 Å². The van der Waals surface area contributed by atoms with Crippen molar-refractivity contribution in [3.8, 4) is 5.69 Å². The minimum absolute atomic E-state index is 0.000469. The molecule has 0 amide bonds. The van der Waals surface area contributed by atoms with Gasteiger partial charge in [-0.3, -0.25) is 4.79 Å².